The zero-order valence-corrected chi connectivity index (χ0v) is 7.56. The summed E-state index contributed by atoms with van der Waals surface area (Å²) in [6.07, 6.45) is -0.940. The van der Waals surface area contributed by atoms with Crippen molar-refractivity contribution in [1.82, 2.24) is 0 Å². The maximum atomic E-state index is 10.2. The average Bonchev–Trinajstić information content (AvgIpc) is 1.87. The number of carbonyl (C=O) groups excluding carboxylic acids is 2. The largest absolute Gasteiger partial charge is 0.516 e. The number of isothiocyanates is 1. The first kappa shape index (κ1) is 13.3. The molecule has 0 atom stereocenters. The van der Waals surface area contributed by atoms with E-state index in [2.05, 4.69) is 21.7 Å². The third kappa shape index (κ3) is 15.9. The molecule has 0 aromatic heterocycles. The van der Waals surface area contributed by atoms with Crippen LogP contribution in [0, 0.1) is 5.41 Å². The van der Waals surface area contributed by atoms with Gasteiger partial charge in [0.2, 0.25) is 0 Å². The number of hydrogen-bond acceptors (Lipinski definition) is 6. The van der Waals surface area contributed by atoms with Gasteiger partial charge in [-0.2, -0.15) is 0 Å². The topological polar surface area (TPSA) is 76.5 Å². The number of hydrogen-bond donors (Lipinski definition) is 1. The first-order chi connectivity index (χ1) is 5.58. The SMILES string of the molecule is CCOC(=O)OC(C)=O.N=C=S. The highest BCUT2D eigenvalue weighted by Gasteiger charge is 2.03. The normalized spacial score (nSPS) is 6.83. The van der Waals surface area contributed by atoms with Crippen LogP contribution in [0.5, 0.6) is 0 Å². The molecule has 0 bridgehead atoms. The van der Waals surface area contributed by atoms with Gasteiger partial charge < -0.3 is 9.47 Å². The quantitative estimate of drug-likeness (QED) is 0.293. The lowest BCUT2D eigenvalue weighted by Gasteiger charge is -1.97. The molecule has 6 heteroatoms. The minimum Gasteiger partial charge on any atom is -0.434 e. The summed E-state index contributed by atoms with van der Waals surface area (Å²) in [5.41, 5.74) is 0. The summed E-state index contributed by atoms with van der Waals surface area (Å²) in [5.74, 6) is -0.659. The van der Waals surface area contributed by atoms with Crippen LogP contribution in [0.4, 0.5) is 4.79 Å². The van der Waals surface area contributed by atoms with Crippen molar-refractivity contribution in [1.29, 1.82) is 5.41 Å². The highest BCUT2D eigenvalue weighted by Crippen LogP contribution is 1.83. The van der Waals surface area contributed by atoms with Crippen molar-refractivity contribution < 1.29 is 19.1 Å². The van der Waals surface area contributed by atoms with Crippen molar-refractivity contribution >= 4 is 29.5 Å². The zero-order valence-electron chi connectivity index (χ0n) is 6.75. The van der Waals surface area contributed by atoms with Crippen molar-refractivity contribution in [2.45, 2.75) is 13.8 Å². The van der Waals surface area contributed by atoms with Gasteiger partial charge in [0.25, 0.3) is 0 Å². The molecule has 0 rings (SSSR count). The van der Waals surface area contributed by atoms with E-state index < -0.39 is 12.1 Å². The minimum atomic E-state index is -0.940. The van der Waals surface area contributed by atoms with Gasteiger partial charge in [0.1, 0.15) is 0 Å². The lowest BCUT2D eigenvalue weighted by molar-refractivity contribution is -0.137. The fraction of sp³-hybridized carbons (Fsp3) is 0.500. The summed E-state index contributed by atoms with van der Waals surface area (Å²) >= 11 is 3.81. The van der Waals surface area contributed by atoms with Gasteiger partial charge in [-0.1, -0.05) is 0 Å². The van der Waals surface area contributed by atoms with Crippen LogP contribution in [0.3, 0.4) is 0 Å². The first-order valence-electron chi connectivity index (χ1n) is 2.97. The van der Waals surface area contributed by atoms with Gasteiger partial charge in [-0.15, -0.1) is 0 Å². The second-order valence-corrected chi connectivity index (χ2v) is 1.58. The molecule has 0 saturated carbocycles. The number of carbonyl (C=O) groups is 2. The molecule has 0 aliphatic carbocycles. The third-order valence-corrected chi connectivity index (χ3v) is 0.489. The Labute approximate surface area is 75.2 Å². The van der Waals surface area contributed by atoms with E-state index in [1.165, 1.54) is 0 Å². The maximum Gasteiger partial charge on any atom is 0.516 e. The monoisotopic (exact) mass is 191 g/mol. The Morgan fingerprint density at radius 3 is 2.25 bits per heavy atom. The van der Waals surface area contributed by atoms with Crippen LogP contribution in [0.1, 0.15) is 13.8 Å². The Hall–Kier alpha value is -1.26. The second-order valence-electron chi connectivity index (χ2n) is 1.38. The first-order valence-corrected chi connectivity index (χ1v) is 3.38. The van der Waals surface area contributed by atoms with Gasteiger partial charge in [-0.3, -0.25) is 4.79 Å². The summed E-state index contributed by atoms with van der Waals surface area (Å²) in [4.78, 5) is 20.2. The highest BCUT2D eigenvalue weighted by molar-refractivity contribution is 7.78. The Bertz CT molecular complexity index is 186. The molecule has 0 unspecified atom stereocenters. The van der Waals surface area contributed by atoms with Crippen LogP contribution in [-0.4, -0.2) is 23.9 Å². The van der Waals surface area contributed by atoms with E-state index in [1.54, 1.807) is 12.1 Å². The Balaban J connectivity index is 0. The van der Waals surface area contributed by atoms with Crippen molar-refractivity contribution in [2.75, 3.05) is 6.61 Å². The molecule has 0 radical (unpaired) electrons. The minimum absolute atomic E-state index is 0.214. The number of nitrogens with one attached hydrogen (secondary N) is 1. The lowest BCUT2D eigenvalue weighted by atomic mass is 10.8. The van der Waals surface area contributed by atoms with Crippen LogP contribution in [0.15, 0.2) is 0 Å². The van der Waals surface area contributed by atoms with Crippen LogP contribution < -0.4 is 0 Å². The molecule has 5 nitrogen and oxygen atoms in total. The lowest BCUT2D eigenvalue weighted by Crippen LogP contribution is -2.10. The molecule has 12 heavy (non-hydrogen) atoms. The Morgan fingerprint density at radius 1 is 1.58 bits per heavy atom. The molecule has 0 aromatic carbocycles. The van der Waals surface area contributed by atoms with Crippen LogP contribution >= 0.6 is 12.2 Å². The molecule has 0 heterocycles. The average molecular weight is 191 g/mol. The van der Waals surface area contributed by atoms with Gasteiger partial charge in [0.15, 0.2) is 0 Å². The molecular weight excluding hydrogens is 182 g/mol. The standard InChI is InChI=1S/C5H8O4.CHNS/c1-3-8-5(7)9-4(2)6;2-1-3/h3H2,1-2H3;2H. The van der Waals surface area contributed by atoms with Crippen molar-refractivity contribution in [2.24, 2.45) is 0 Å². The molecule has 0 fully saturated rings. The van der Waals surface area contributed by atoms with Gasteiger partial charge in [-0.25, -0.2) is 10.2 Å². The Morgan fingerprint density at radius 2 is 2.00 bits per heavy atom. The van der Waals surface area contributed by atoms with Gasteiger partial charge in [-0.05, 0) is 19.1 Å². The molecule has 0 spiro atoms. The number of thiocarbonyl (C=S) groups is 1. The van der Waals surface area contributed by atoms with E-state index in [9.17, 15) is 9.59 Å². The van der Waals surface area contributed by atoms with E-state index in [4.69, 9.17) is 5.41 Å². The van der Waals surface area contributed by atoms with Crippen molar-refractivity contribution in [3.8, 4) is 0 Å². The number of ether oxygens (including phenoxy) is 2. The van der Waals surface area contributed by atoms with Crippen LogP contribution in [0.2, 0.25) is 0 Å². The van der Waals surface area contributed by atoms with E-state index in [1.807, 2.05) is 0 Å². The second kappa shape index (κ2) is 9.74. The molecule has 68 valence electrons. The van der Waals surface area contributed by atoms with Gasteiger partial charge in [0, 0.05) is 6.92 Å². The van der Waals surface area contributed by atoms with Crippen LogP contribution in [-0.2, 0) is 14.3 Å². The van der Waals surface area contributed by atoms with Gasteiger partial charge in [0.05, 0.1) is 11.8 Å². The van der Waals surface area contributed by atoms with Crippen LogP contribution in [0.25, 0.3) is 0 Å². The number of rotatable bonds is 1. The summed E-state index contributed by atoms with van der Waals surface area (Å²) in [6.45, 7) is 2.98. The van der Waals surface area contributed by atoms with Gasteiger partial charge >= 0.3 is 12.1 Å². The summed E-state index contributed by atoms with van der Waals surface area (Å²) in [7, 11) is 0. The molecule has 1 N–H and O–H groups in total. The van der Waals surface area contributed by atoms with E-state index >= 15 is 0 Å². The molecule has 0 aliphatic rings. The fourth-order valence-corrected chi connectivity index (χ4v) is 0.265. The van der Waals surface area contributed by atoms with E-state index in [-0.39, 0.29) is 6.61 Å². The molecule has 0 aliphatic heterocycles. The molecule has 0 aromatic rings. The third-order valence-electron chi connectivity index (χ3n) is 0.489. The predicted octanol–water partition coefficient (Wildman–Crippen LogP) is 1.37. The smallest absolute Gasteiger partial charge is 0.434 e. The summed E-state index contributed by atoms with van der Waals surface area (Å²) in [5, 5.41) is 7.36. The molecular formula is C6H9NO4S. The van der Waals surface area contributed by atoms with Crippen molar-refractivity contribution in [3.63, 3.8) is 0 Å². The summed E-state index contributed by atoms with van der Waals surface area (Å²) in [6, 6.07) is 0. The van der Waals surface area contributed by atoms with E-state index in [0.29, 0.717) is 0 Å². The fourth-order valence-electron chi connectivity index (χ4n) is 0.265. The van der Waals surface area contributed by atoms with Crippen molar-refractivity contribution in [3.05, 3.63) is 0 Å². The highest BCUT2D eigenvalue weighted by atomic mass is 32.1. The molecule has 0 amide bonds. The Kier molecular flexibility index (Phi) is 10.8. The van der Waals surface area contributed by atoms with E-state index in [0.717, 1.165) is 6.92 Å². The summed E-state index contributed by atoms with van der Waals surface area (Å²) < 4.78 is 8.26. The zero-order chi connectivity index (χ0) is 9.98. The predicted molar refractivity (Wildman–Crippen MR) is 44.1 cm³/mol. The molecule has 0 saturated heterocycles. The maximum absolute atomic E-state index is 10.2. The number of esters is 1.